The molecule has 1 heterocycles. The summed E-state index contributed by atoms with van der Waals surface area (Å²) in [6.07, 6.45) is 2.73. The van der Waals surface area contributed by atoms with E-state index in [1.807, 2.05) is 47.3 Å². The molecule has 0 aliphatic rings. The van der Waals surface area contributed by atoms with Crippen LogP contribution in [0.25, 0.3) is 5.69 Å². The van der Waals surface area contributed by atoms with Crippen molar-refractivity contribution < 1.29 is 9.18 Å². The number of benzene rings is 2. The minimum atomic E-state index is -0.327. The number of nitrogens with one attached hydrogen (secondary N) is 1. The molecule has 3 aromatic rings. The SMILES string of the molecule is O=C(Cc1cccc(F)c1)NCCc1ccn(-c2ccccc2)n1. The molecule has 4 nitrogen and oxygen atoms in total. The van der Waals surface area contributed by atoms with Crippen molar-refractivity contribution >= 4 is 5.91 Å². The Morgan fingerprint density at radius 2 is 1.92 bits per heavy atom. The first-order valence-corrected chi connectivity index (χ1v) is 7.82. The van der Waals surface area contributed by atoms with Crippen molar-refractivity contribution in [1.82, 2.24) is 15.1 Å². The van der Waals surface area contributed by atoms with Crippen molar-refractivity contribution in [3.8, 4) is 5.69 Å². The minimum Gasteiger partial charge on any atom is -0.355 e. The first-order valence-electron chi connectivity index (χ1n) is 7.82. The maximum absolute atomic E-state index is 13.1. The number of amides is 1. The van der Waals surface area contributed by atoms with E-state index in [1.54, 1.807) is 12.1 Å². The molecule has 0 atom stereocenters. The van der Waals surface area contributed by atoms with Crippen molar-refractivity contribution in [2.24, 2.45) is 0 Å². The molecule has 2 aromatic carbocycles. The van der Waals surface area contributed by atoms with Crippen LogP contribution in [0.4, 0.5) is 4.39 Å². The van der Waals surface area contributed by atoms with Crippen LogP contribution >= 0.6 is 0 Å². The summed E-state index contributed by atoms with van der Waals surface area (Å²) in [4.78, 5) is 11.9. The van der Waals surface area contributed by atoms with Crippen LogP contribution < -0.4 is 5.32 Å². The lowest BCUT2D eigenvalue weighted by atomic mass is 10.1. The third-order valence-electron chi connectivity index (χ3n) is 3.62. The molecule has 3 rings (SSSR count). The van der Waals surface area contributed by atoms with Gasteiger partial charge in [-0.25, -0.2) is 9.07 Å². The molecule has 0 bridgehead atoms. The molecule has 0 aliphatic carbocycles. The molecule has 1 N–H and O–H groups in total. The predicted molar refractivity (Wildman–Crippen MR) is 90.4 cm³/mol. The molecule has 0 radical (unpaired) electrons. The summed E-state index contributed by atoms with van der Waals surface area (Å²) in [6.45, 7) is 0.500. The zero-order valence-corrected chi connectivity index (χ0v) is 13.2. The Balaban J connectivity index is 1.48. The molecular formula is C19H18FN3O. The Kier molecular flexibility index (Phi) is 5.01. The first kappa shape index (κ1) is 15.9. The van der Waals surface area contributed by atoms with Gasteiger partial charge in [-0.2, -0.15) is 5.10 Å². The second kappa shape index (κ2) is 7.55. The number of carbonyl (C=O) groups excluding carboxylic acids is 1. The van der Waals surface area contributed by atoms with Crippen LogP contribution in [0.15, 0.2) is 66.9 Å². The molecule has 0 aliphatic heterocycles. The van der Waals surface area contributed by atoms with Crippen molar-refractivity contribution in [3.05, 3.63) is 83.9 Å². The number of hydrogen-bond donors (Lipinski definition) is 1. The summed E-state index contributed by atoms with van der Waals surface area (Å²) < 4.78 is 14.9. The zero-order chi connectivity index (χ0) is 16.8. The summed E-state index contributed by atoms with van der Waals surface area (Å²) in [5.74, 6) is -0.449. The monoisotopic (exact) mass is 323 g/mol. The van der Waals surface area contributed by atoms with E-state index < -0.39 is 0 Å². The normalized spacial score (nSPS) is 10.5. The Labute approximate surface area is 139 Å². The van der Waals surface area contributed by atoms with Gasteiger partial charge < -0.3 is 5.32 Å². The fraction of sp³-hybridized carbons (Fsp3) is 0.158. The van der Waals surface area contributed by atoms with Gasteiger partial charge in [-0.1, -0.05) is 30.3 Å². The molecule has 0 saturated heterocycles. The van der Waals surface area contributed by atoms with Crippen LogP contribution in [0.1, 0.15) is 11.3 Å². The molecule has 0 unspecified atom stereocenters. The van der Waals surface area contributed by atoms with Gasteiger partial charge in [0.2, 0.25) is 5.91 Å². The second-order valence-corrected chi connectivity index (χ2v) is 5.49. The fourth-order valence-electron chi connectivity index (χ4n) is 2.44. The predicted octanol–water partition coefficient (Wildman–Crippen LogP) is 2.91. The van der Waals surface area contributed by atoms with Crippen LogP contribution in [-0.2, 0) is 17.6 Å². The highest BCUT2D eigenvalue weighted by molar-refractivity contribution is 5.78. The summed E-state index contributed by atoms with van der Waals surface area (Å²) in [5, 5.41) is 7.33. The van der Waals surface area contributed by atoms with Crippen LogP contribution in [0, 0.1) is 5.82 Å². The molecule has 0 fully saturated rings. The van der Waals surface area contributed by atoms with E-state index in [0.717, 1.165) is 11.4 Å². The topological polar surface area (TPSA) is 46.9 Å². The average Bonchev–Trinajstić information content (AvgIpc) is 3.04. The molecule has 5 heteroatoms. The van der Waals surface area contributed by atoms with E-state index in [-0.39, 0.29) is 18.1 Å². The molecule has 24 heavy (non-hydrogen) atoms. The number of para-hydroxylation sites is 1. The first-order chi connectivity index (χ1) is 11.7. The van der Waals surface area contributed by atoms with Crippen molar-refractivity contribution in [1.29, 1.82) is 0 Å². The smallest absolute Gasteiger partial charge is 0.224 e. The van der Waals surface area contributed by atoms with Gasteiger partial charge in [-0.3, -0.25) is 4.79 Å². The largest absolute Gasteiger partial charge is 0.355 e. The molecule has 122 valence electrons. The number of rotatable bonds is 6. The average molecular weight is 323 g/mol. The van der Waals surface area contributed by atoms with Crippen LogP contribution in [0.3, 0.4) is 0 Å². The van der Waals surface area contributed by atoms with E-state index >= 15 is 0 Å². The molecule has 0 spiro atoms. The highest BCUT2D eigenvalue weighted by atomic mass is 19.1. The van der Waals surface area contributed by atoms with E-state index in [1.165, 1.54) is 12.1 Å². The van der Waals surface area contributed by atoms with E-state index in [0.29, 0.717) is 18.5 Å². The molecule has 0 saturated carbocycles. The Bertz CT molecular complexity index is 814. The highest BCUT2D eigenvalue weighted by Crippen LogP contribution is 2.07. The summed E-state index contributed by atoms with van der Waals surface area (Å²) in [5.41, 5.74) is 2.57. The van der Waals surface area contributed by atoms with Crippen molar-refractivity contribution in [3.63, 3.8) is 0 Å². The van der Waals surface area contributed by atoms with E-state index in [2.05, 4.69) is 10.4 Å². The van der Waals surface area contributed by atoms with Crippen LogP contribution in [0.2, 0.25) is 0 Å². The Morgan fingerprint density at radius 1 is 1.08 bits per heavy atom. The van der Waals surface area contributed by atoms with Gasteiger partial charge in [-0.05, 0) is 35.9 Å². The molecular weight excluding hydrogens is 305 g/mol. The number of hydrogen-bond acceptors (Lipinski definition) is 2. The van der Waals surface area contributed by atoms with Gasteiger partial charge in [0, 0.05) is 19.2 Å². The minimum absolute atomic E-state index is 0.122. The standard InChI is InChI=1S/C19H18FN3O/c20-16-6-4-5-15(13-16)14-19(24)21-11-9-17-10-12-23(22-17)18-7-2-1-3-8-18/h1-8,10,12-13H,9,11,14H2,(H,21,24). The second-order valence-electron chi connectivity index (χ2n) is 5.49. The van der Waals surface area contributed by atoms with Gasteiger partial charge in [0.15, 0.2) is 0 Å². The van der Waals surface area contributed by atoms with Crippen LogP contribution in [-0.4, -0.2) is 22.2 Å². The van der Waals surface area contributed by atoms with Gasteiger partial charge in [-0.15, -0.1) is 0 Å². The van der Waals surface area contributed by atoms with E-state index in [9.17, 15) is 9.18 Å². The van der Waals surface area contributed by atoms with Gasteiger partial charge in [0.25, 0.3) is 0 Å². The maximum atomic E-state index is 13.1. The lowest BCUT2D eigenvalue weighted by molar-refractivity contribution is -0.120. The van der Waals surface area contributed by atoms with E-state index in [4.69, 9.17) is 0 Å². The summed E-state index contributed by atoms with van der Waals surface area (Å²) in [7, 11) is 0. The zero-order valence-electron chi connectivity index (χ0n) is 13.2. The quantitative estimate of drug-likeness (QED) is 0.758. The summed E-state index contributed by atoms with van der Waals surface area (Å²) >= 11 is 0. The third kappa shape index (κ3) is 4.29. The third-order valence-corrected chi connectivity index (χ3v) is 3.62. The van der Waals surface area contributed by atoms with Crippen LogP contribution in [0.5, 0.6) is 0 Å². The highest BCUT2D eigenvalue weighted by Gasteiger charge is 2.05. The molecule has 1 aromatic heterocycles. The van der Waals surface area contributed by atoms with Gasteiger partial charge in [0.1, 0.15) is 5.82 Å². The number of aromatic nitrogens is 2. The van der Waals surface area contributed by atoms with Gasteiger partial charge >= 0.3 is 0 Å². The number of nitrogens with zero attached hydrogens (tertiary/aromatic N) is 2. The van der Waals surface area contributed by atoms with Crippen molar-refractivity contribution in [2.75, 3.05) is 6.54 Å². The lowest BCUT2D eigenvalue weighted by Crippen LogP contribution is -2.27. The lowest BCUT2D eigenvalue weighted by Gasteiger charge is -2.04. The maximum Gasteiger partial charge on any atom is 0.224 e. The molecule has 1 amide bonds. The van der Waals surface area contributed by atoms with Crippen molar-refractivity contribution in [2.45, 2.75) is 12.8 Å². The Morgan fingerprint density at radius 3 is 2.71 bits per heavy atom. The van der Waals surface area contributed by atoms with Gasteiger partial charge in [0.05, 0.1) is 17.8 Å². The number of halogens is 1. The Hall–Kier alpha value is -2.95. The summed E-state index contributed by atoms with van der Waals surface area (Å²) in [6, 6.07) is 17.9. The number of carbonyl (C=O) groups is 1. The fourth-order valence-corrected chi connectivity index (χ4v) is 2.44.